The number of aliphatic hydroxyl groups excluding tert-OH is 1. The van der Waals surface area contributed by atoms with Gasteiger partial charge in [-0.3, -0.25) is 0 Å². The summed E-state index contributed by atoms with van der Waals surface area (Å²) in [6.45, 7) is 9.01. The summed E-state index contributed by atoms with van der Waals surface area (Å²) in [5.74, 6) is -0.0997. The van der Waals surface area contributed by atoms with Crippen LogP contribution >= 0.6 is 0 Å². The molecule has 0 radical (unpaired) electrons. The third kappa shape index (κ3) is 2.74. The Labute approximate surface area is 90.1 Å². The van der Waals surface area contributed by atoms with Crippen LogP contribution in [-0.4, -0.2) is 5.11 Å². The molecule has 3 N–H and O–H groups in total. The van der Waals surface area contributed by atoms with Crippen LogP contribution in [0.25, 0.3) is 6.08 Å². The van der Waals surface area contributed by atoms with Gasteiger partial charge in [-0.05, 0) is 24.1 Å². The van der Waals surface area contributed by atoms with Crippen LogP contribution in [0.2, 0.25) is 0 Å². The van der Waals surface area contributed by atoms with Gasteiger partial charge >= 0.3 is 0 Å². The molecular weight excluding hydrogens is 186 g/mol. The van der Waals surface area contributed by atoms with Gasteiger partial charge in [0, 0.05) is 11.3 Å². The van der Waals surface area contributed by atoms with Crippen molar-refractivity contribution in [3.8, 4) is 0 Å². The van der Waals surface area contributed by atoms with E-state index in [1.807, 2.05) is 31.2 Å². The first-order valence-electron chi connectivity index (χ1n) is 4.62. The van der Waals surface area contributed by atoms with Crippen LogP contribution in [0.5, 0.6) is 0 Å². The SMILES string of the molecule is C=C(O)C(=C)/C(N)=C/c1ccccc1C. The molecule has 0 amide bonds. The average molecular weight is 201 g/mol. The van der Waals surface area contributed by atoms with Crippen LogP contribution in [0.1, 0.15) is 11.1 Å². The lowest BCUT2D eigenvalue weighted by atomic mass is 10.1. The fourth-order valence-electron chi connectivity index (χ4n) is 1.17. The van der Waals surface area contributed by atoms with Crippen molar-refractivity contribution in [1.29, 1.82) is 0 Å². The second-order valence-corrected chi connectivity index (χ2v) is 3.38. The number of hydrogen-bond donors (Lipinski definition) is 2. The monoisotopic (exact) mass is 201 g/mol. The summed E-state index contributed by atoms with van der Waals surface area (Å²) in [5, 5.41) is 9.12. The molecule has 1 aromatic rings. The van der Waals surface area contributed by atoms with Crippen molar-refractivity contribution in [3.63, 3.8) is 0 Å². The van der Waals surface area contributed by atoms with Gasteiger partial charge in [0.05, 0.1) is 0 Å². The second-order valence-electron chi connectivity index (χ2n) is 3.38. The summed E-state index contributed by atoms with van der Waals surface area (Å²) in [6.07, 6.45) is 1.78. The Kier molecular flexibility index (Phi) is 3.34. The minimum atomic E-state index is -0.0997. The Balaban J connectivity index is 3.03. The zero-order valence-electron chi connectivity index (χ0n) is 8.83. The van der Waals surface area contributed by atoms with E-state index in [0.717, 1.165) is 11.1 Å². The van der Waals surface area contributed by atoms with Crippen molar-refractivity contribution in [1.82, 2.24) is 0 Å². The molecule has 15 heavy (non-hydrogen) atoms. The Bertz CT molecular complexity index is 430. The van der Waals surface area contributed by atoms with Crippen LogP contribution in [0.15, 0.2) is 54.5 Å². The molecule has 0 atom stereocenters. The van der Waals surface area contributed by atoms with E-state index in [-0.39, 0.29) is 5.76 Å². The van der Waals surface area contributed by atoms with Gasteiger partial charge in [-0.25, -0.2) is 0 Å². The van der Waals surface area contributed by atoms with Gasteiger partial charge in [-0.1, -0.05) is 37.4 Å². The van der Waals surface area contributed by atoms with Gasteiger partial charge in [0.15, 0.2) is 0 Å². The van der Waals surface area contributed by atoms with Crippen LogP contribution in [-0.2, 0) is 0 Å². The molecule has 0 saturated carbocycles. The summed E-state index contributed by atoms with van der Waals surface area (Å²) in [4.78, 5) is 0. The highest BCUT2D eigenvalue weighted by Crippen LogP contribution is 2.15. The van der Waals surface area contributed by atoms with E-state index >= 15 is 0 Å². The maximum Gasteiger partial charge on any atom is 0.117 e. The van der Waals surface area contributed by atoms with Crippen molar-refractivity contribution in [2.75, 3.05) is 0 Å². The van der Waals surface area contributed by atoms with Crippen molar-refractivity contribution in [2.45, 2.75) is 6.92 Å². The molecule has 0 aliphatic carbocycles. The van der Waals surface area contributed by atoms with E-state index in [9.17, 15) is 0 Å². The fourth-order valence-corrected chi connectivity index (χ4v) is 1.17. The minimum Gasteiger partial charge on any atom is -0.508 e. The molecule has 1 rings (SSSR count). The van der Waals surface area contributed by atoms with Crippen molar-refractivity contribution < 1.29 is 5.11 Å². The lowest BCUT2D eigenvalue weighted by Gasteiger charge is -2.05. The molecule has 0 fully saturated rings. The van der Waals surface area contributed by atoms with Crippen molar-refractivity contribution in [3.05, 3.63) is 65.6 Å². The Morgan fingerprint density at radius 1 is 1.33 bits per heavy atom. The number of rotatable bonds is 3. The average Bonchev–Trinajstić information content (AvgIpc) is 2.20. The molecule has 0 spiro atoms. The normalized spacial score (nSPS) is 11.1. The number of nitrogens with two attached hydrogens (primary N) is 1. The van der Waals surface area contributed by atoms with E-state index in [1.165, 1.54) is 0 Å². The third-order valence-electron chi connectivity index (χ3n) is 2.20. The topological polar surface area (TPSA) is 46.2 Å². The molecule has 0 aromatic heterocycles. The van der Waals surface area contributed by atoms with E-state index in [1.54, 1.807) is 6.08 Å². The molecular formula is C13H15NO. The zero-order valence-corrected chi connectivity index (χ0v) is 8.83. The Hall–Kier alpha value is -1.96. The molecule has 0 aliphatic rings. The first-order chi connectivity index (χ1) is 7.02. The molecule has 78 valence electrons. The minimum absolute atomic E-state index is 0.0997. The van der Waals surface area contributed by atoms with Crippen molar-refractivity contribution >= 4 is 6.08 Å². The molecule has 0 bridgehead atoms. The number of aliphatic hydroxyl groups is 1. The summed E-state index contributed by atoms with van der Waals surface area (Å²) in [5.41, 5.74) is 8.68. The molecule has 1 aromatic carbocycles. The molecule has 0 unspecified atom stereocenters. The smallest absolute Gasteiger partial charge is 0.117 e. The largest absolute Gasteiger partial charge is 0.508 e. The number of benzene rings is 1. The van der Waals surface area contributed by atoms with E-state index in [4.69, 9.17) is 10.8 Å². The Morgan fingerprint density at radius 3 is 2.47 bits per heavy atom. The second kappa shape index (κ2) is 4.51. The lowest BCUT2D eigenvalue weighted by Crippen LogP contribution is -2.01. The van der Waals surface area contributed by atoms with Gasteiger partial charge in [-0.15, -0.1) is 0 Å². The first kappa shape index (κ1) is 11.1. The zero-order chi connectivity index (χ0) is 11.4. The molecule has 0 heterocycles. The van der Waals surface area contributed by atoms with Gasteiger partial charge in [0.1, 0.15) is 5.76 Å². The van der Waals surface area contributed by atoms with Gasteiger partial charge in [0.2, 0.25) is 0 Å². The Morgan fingerprint density at radius 2 is 1.93 bits per heavy atom. The molecule has 0 saturated heterocycles. The third-order valence-corrected chi connectivity index (χ3v) is 2.20. The van der Waals surface area contributed by atoms with Gasteiger partial charge < -0.3 is 10.8 Å². The maximum atomic E-state index is 9.12. The fraction of sp³-hybridized carbons (Fsp3) is 0.0769. The summed E-state index contributed by atoms with van der Waals surface area (Å²) in [7, 11) is 0. The van der Waals surface area contributed by atoms with Crippen LogP contribution < -0.4 is 5.73 Å². The number of hydrogen-bond acceptors (Lipinski definition) is 2. The van der Waals surface area contributed by atoms with Crippen LogP contribution in [0.3, 0.4) is 0 Å². The predicted molar refractivity (Wildman–Crippen MR) is 64.3 cm³/mol. The van der Waals surface area contributed by atoms with E-state index < -0.39 is 0 Å². The summed E-state index contributed by atoms with van der Waals surface area (Å²) >= 11 is 0. The molecule has 2 nitrogen and oxygen atoms in total. The molecule has 0 aliphatic heterocycles. The summed E-state index contributed by atoms with van der Waals surface area (Å²) < 4.78 is 0. The van der Waals surface area contributed by atoms with E-state index in [2.05, 4.69) is 13.2 Å². The van der Waals surface area contributed by atoms with Crippen LogP contribution in [0, 0.1) is 6.92 Å². The summed E-state index contributed by atoms with van der Waals surface area (Å²) in [6, 6.07) is 7.84. The highest BCUT2D eigenvalue weighted by molar-refractivity contribution is 5.61. The van der Waals surface area contributed by atoms with E-state index in [0.29, 0.717) is 11.3 Å². The van der Waals surface area contributed by atoms with Gasteiger partial charge in [0.25, 0.3) is 0 Å². The standard InChI is InChI=1S/C13H15NO/c1-9-6-4-5-7-12(9)8-13(14)10(2)11(3)15/h4-8,15H,2-3,14H2,1H3/b13-8-. The molecule has 2 heteroatoms. The quantitative estimate of drug-likeness (QED) is 0.583. The number of aryl methyl sites for hydroxylation is 1. The van der Waals surface area contributed by atoms with Gasteiger partial charge in [-0.2, -0.15) is 0 Å². The van der Waals surface area contributed by atoms with Crippen LogP contribution in [0.4, 0.5) is 0 Å². The van der Waals surface area contributed by atoms with Crippen molar-refractivity contribution in [2.24, 2.45) is 5.73 Å². The highest BCUT2D eigenvalue weighted by Gasteiger charge is 2.02. The lowest BCUT2D eigenvalue weighted by molar-refractivity contribution is 0.428. The first-order valence-corrected chi connectivity index (χ1v) is 4.62. The highest BCUT2D eigenvalue weighted by atomic mass is 16.3. The maximum absolute atomic E-state index is 9.12. The predicted octanol–water partition coefficient (Wildman–Crippen LogP) is 2.92.